The second-order valence-electron chi connectivity index (χ2n) is 4.37. The molecule has 0 atom stereocenters. The van der Waals surface area contributed by atoms with Crippen molar-refractivity contribution >= 4 is 27.7 Å². The van der Waals surface area contributed by atoms with E-state index in [1.165, 1.54) is 7.11 Å². The van der Waals surface area contributed by atoms with Gasteiger partial charge in [0.25, 0.3) is 0 Å². The van der Waals surface area contributed by atoms with Crippen LogP contribution in [0, 0.1) is 0 Å². The Hall–Kier alpha value is -2.21. The van der Waals surface area contributed by atoms with Gasteiger partial charge in [-0.2, -0.15) is 0 Å². The minimum Gasteiger partial charge on any atom is -0.495 e. The average Bonchev–Trinajstić information content (AvgIpc) is 2.54. The molecule has 1 N–H and O–H groups in total. The lowest BCUT2D eigenvalue weighted by atomic mass is 10.2. The first-order valence-corrected chi connectivity index (χ1v) is 7.32. The normalized spacial score (nSPS) is 9.95. The van der Waals surface area contributed by atoms with E-state index in [1.807, 2.05) is 30.3 Å². The van der Waals surface area contributed by atoms with Crippen LogP contribution in [0.5, 0.6) is 11.5 Å². The third kappa shape index (κ3) is 4.14. The number of benzene rings is 2. The maximum Gasteiger partial charge on any atom is 0.412 e. The highest BCUT2D eigenvalue weighted by Gasteiger charge is 2.13. The molecular formula is C16H16BrNO4. The minimum absolute atomic E-state index is 0.201. The molecule has 0 saturated carbocycles. The molecule has 0 aromatic heterocycles. The number of nitrogens with one attached hydrogen (secondary N) is 1. The van der Waals surface area contributed by atoms with Crippen LogP contribution >= 0.6 is 15.9 Å². The molecule has 0 saturated heterocycles. The zero-order valence-corrected chi connectivity index (χ0v) is 13.8. The number of carbonyl (C=O) groups is 1. The maximum atomic E-state index is 11.9. The Morgan fingerprint density at radius 2 is 1.77 bits per heavy atom. The molecule has 1 amide bonds. The first-order valence-electron chi connectivity index (χ1n) is 6.53. The van der Waals surface area contributed by atoms with Crippen LogP contribution in [-0.2, 0) is 11.3 Å². The number of carbonyl (C=O) groups excluding carboxylic acids is 1. The fraction of sp³-hybridized carbons (Fsp3) is 0.188. The molecule has 0 aliphatic heterocycles. The highest BCUT2D eigenvalue weighted by molar-refractivity contribution is 9.10. The Morgan fingerprint density at radius 1 is 1.09 bits per heavy atom. The molecule has 0 bridgehead atoms. The SMILES string of the molecule is COc1cc(OC)c(NC(=O)OCc2ccccc2)cc1Br. The molecule has 2 rings (SSSR count). The summed E-state index contributed by atoms with van der Waals surface area (Å²) in [6.07, 6.45) is -0.556. The fourth-order valence-corrected chi connectivity index (χ4v) is 2.33. The number of rotatable bonds is 5. The predicted molar refractivity (Wildman–Crippen MR) is 87.5 cm³/mol. The number of hydrogen-bond donors (Lipinski definition) is 1. The van der Waals surface area contributed by atoms with Crippen LogP contribution in [0.15, 0.2) is 46.9 Å². The van der Waals surface area contributed by atoms with Gasteiger partial charge in [0.2, 0.25) is 0 Å². The van der Waals surface area contributed by atoms with Crippen molar-refractivity contribution in [1.29, 1.82) is 0 Å². The van der Waals surface area contributed by atoms with E-state index in [4.69, 9.17) is 14.2 Å². The van der Waals surface area contributed by atoms with E-state index in [2.05, 4.69) is 21.2 Å². The van der Waals surface area contributed by atoms with Gasteiger partial charge in [-0.15, -0.1) is 0 Å². The van der Waals surface area contributed by atoms with Crippen LogP contribution < -0.4 is 14.8 Å². The quantitative estimate of drug-likeness (QED) is 0.861. The van der Waals surface area contributed by atoms with Crippen molar-refractivity contribution in [3.63, 3.8) is 0 Å². The molecule has 0 aliphatic rings. The van der Waals surface area contributed by atoms with Gasteiger partial charge in [-0.3, -0.25) is 5.32 Å². The molecule has 2 aromatic carbocycles. The van der Waals surface area contributed by atoms with Crippen molar-refractivity contribution in [2.45, 2.75) is 6.61 Å². The van der Waals surface area contributed by atoms with Crippen LogP contribution in [0.1, 0.15) is 5.56 Å². The van der Waals surface area contributed by atoms with Crippen LogP contribution in [0.4, 0.5) is 10.5 Å². The Morgan fingerprint density at radius 3 is 2.41 bits per heavy atom. The largest absolute Gasteiger partial charge is 0.495 e. The summed E-state index contributed by atoms with van der Waals surface area (Å²) in [4.78, 5) is 11.9. The van der Waals surface area contributed by atoms with E-state index < -0.39 is 6.09 Å². The molecule has 0 spiro atoms. The predicted octanol–water partition coefficient (Wildman–Crippen LogP) is 4.22. The topological polar surface area (TPSA) is 56.8 Å². The summed E-state index contributed by atoms with van der Waals surface area (Å²) in [6.45, 7) is 0.201. The molecule has 2 aromatic rings. The zero-order valence-electron chi connectivity index (χ0n) is 12.3. The number of hydrogen-bond acceptors (Lipinski definition) is 4. The summed E-state index contributed by atoms with van der Waals surface area (Å²) >= 11 is 3.36. The maximum absolute atomic E-state index is 11.9. The molecule has 0 unspecified atom stereocenters. The summed E-state index contributed by atoms with van der Waals surface area (Å²) in [5.41, 5.74) is 1.41. The molecule has 6 heteroatoms. The van der Waals surface area contributed by atoms with Crippen LogP contribution in [0.25, 0.3) is 0 Å². The van der Waals surface area contributed by atoms with Crippen molar-refractivity contribution in [3.05, 3.63) is 52.5 Å². The second kappa shape index (κ2) is 7.70. The molecule has 0 heterocycles. The van der Waals surface area contributed by atoms with Gasteiger partial charge in [0.05, 0.1) is 24.4 Å². The third-order valence-corrected chi connectivity index (χ3v) is 3.54. The average molecular weight is 366 g/mol. The van der Waals surface area contributed by atoms with Gasteiger partial charge in [-0.25, -0.2) is 4.79 Å². The smallest absolute Gasteiger partial charge is 0.412 e. The Bertz CT molecular complexity index is 646. The Labute approximate surface area is 137 Å². The van der Waals surface area contributed by atoms with Crippen molar-refractivity contribution in [2.24, 2.45) is 0 Å². The van der Waals surface area contributed by atoms with E-state index in [9.17, 15) is 4.79 Å². The van der Waals surface area contributed by atoms with Crippen LogP contribution in [-0.4, -0.2) is 20.3 Å². The van der Waals surface area contributed by atoms with Gasteiger partial charge < -0.3 is 14.2 Å². The second-order valence-corrected chi connectivity index (χ2v) is 5.23. The van der Waals surface area contributed by atoms with Gasteiger partial charge in [0.1, 0.15) is 18.1 Å². The Kier molecular flexibility index (Phi) is 5.66. The molecule has 0 fully saturated rings. The van der Waals surface area contributed by atoms with Gasteiger partial charge in [0.15, 0.2) is 0 Å². The van der Waals surface area contributed by atoms with E-state index in [0.29, 0.717) is 21.7 Å². The van der Waals surface area contributed by atoms with Crippen molar-refractivity contribution in [3.8, 4) is 11.5 Å². The molecular weight excluding hydrogens is 350 g/mol. The molecule has 22 heavy (non-hydrogen) atoms. The molecule has 0 radical (unpaired) electrons. The van der Waals surface area contributed by atoms with Crippen molar-refractivity contribution < 1.29 is 19.0 Å². The lowest BCUT2D eigenvalue weighted by Gasteiger charge is -2.13. The molecule has 0 aliphatic carbocycles. The number of amides is 1. The van der Waals surface area contributed by atoms with E-state index >= 15 is 0 Å². The van der Waals surface area contributed by atoms with Crippen molar-refractivity contribution in [1.82, 2.24) is 0 Å². The summed E-state index contributed by atoms with van der Waals surface area (Å²) in [5.74, 6) is 1.09. The summed E-state index contributed by atoms with van der Waals surface area (Å²) in [5, 5.41) is 2.65. The molecule has 116 valence electrons. The number of ether oxygens (including phenoxy) is 3. The number of methoxy groups -OCH3 is 2. The first kappa shape index (κ1) is 16.2. The summed E-state index contributed by atoms with van der Waals surface area (Å²) in [7, 11) is 3.07. The highest BCUT2D eigenvalue weighted by atomic mass is 79.9. The van der Waals surface area contributed by atoms with Crippen LogP contribution in [0.3, 0.4) is 0 Å². The Balaban J connectivity index is 2.03. The first-order chi connectivity index (χ1) is 10.6. The fourth-order valence-electron chi connectivity index (χ4n) is 1.83. The monoisotopic (exact) mass is 365 g/mol. The van der Waals surface area contributed by atoms with Gasteiger partial charge in [-0.05, 0) is 27.6 Å². The summed E-state index contributed by atoms with van der Waals surface area (Å²) < 4.78 is 16.3. The van der Waals surface area contributed by atoms with Crippen LogP contribution in [0.2, 0.25) is 0 Å². The van der Waals surface area contributed by atoms with Gasteiger partial charge in [0, 0.05) is 6.07 Å². The van der Waals surface area contributed by atoms with Gasteiger partial charge >= 0.3 is 6.09 Å². The number of halogens is 1. The van der Waals surface area contributed by atoms with Crippen molar-refractivity contribution in [2.75, 3.05) is 19.5 Å². The highest BCUT2D eigenvalue weighted by Crippen LogP contribution is 2.36. The lowest BCUT2D eigenvalue weighted by molar-refractivity contribution is 0.155. The minimum atomic E-state index is -0.556. The third-order valence-electron chi connectivity index (χ3n) is 2.92. The number of anilines is 1. The standard InChI is InChI=1S/C16H16BrNO4/c1-20-14-9-15(21-2)13(8-12(14)17)18-16(19)22-10-11-6-4-3-5-7-11/h3-9H,10H2,1-2H3,(H,18,19). The lowest BCUT2D eigenvalue weighted by Crippen LogP contribution is -2.14. The summed E-state index contributed by atoms with van der Waals surface area (Å²) in [6, 6.07) is 12.8. The van der Waals surface area contributed by atoms with E-state index in [-0.39, 0.29) is 6.61 Å². The van der Waals surface area contributed by atoms with E-state index in [1.54, 1.807) is 19.2 Å². The van der Waals surface area contributed by atoms with E-state index in [0.717, 1.165) is 5.56 Å². The van der Waals surface area contributed by atoms with Gasteiger partial charge in [-0.1, -0.05) is 30.3 Å². The zero-order chi connectivity index (χ0) is 15.9. The molecule has 5 nitrogen and oxygen atoms in total.